The quantitative estimate of drug-likeness (QED) is 0.244. The number of pyridine rings is 1. The van der Waals surface area contributed by atoms with Crippen LogP contribution < -0.4 is 15.0 Å². The monoisotopic (exact) mass is 724 g/mol. The number of hydrogen-bond donors (Lipinski definition) is 2. The number of aromatic nitrogens is 3. The van der Waals surface area contributed by atoms with E-state index in [9.17, 15) is 9.50 Å². The van der Waals surface area contributed by atoms with Gasteiger partial charge in [0.25, 0.3) is 0 Å². The SMILES string of the molecule is Oc1cc(-c2ncc3c(N4CC5CCC(C4)N5)nc(OC[C@]45C[C@H](F)CN4[C@H]4CCC[C@H]4C5)nc3c2F)c2c(I)cccc2c1. The van der Waals surface area contributed by atoms with Gasteiger partial charge in [-0.15, -0.1) is 0 Å². The first-order valence-electron chi connectivity index (χ1n) is 16.2. The highest BCUT2D eigenvalue weighted by Crippen LogP contribution is 2.52. The number of rotatable bonds is 5. The molecule has 4 aromatic rings. The van der Waals surface area contributed by atoms with Gasteiger partial charge < -0.3 is 20.1 Å². The minimum atomic E-state index is -0.870. The number of aromatic hydroxyl groups is 1. The van der Waals surface area contributed by atoms with E-state index in [1.807, 2.05) is 18.2 Å². The van der Waals surface area contributed by atoms with Gasteiger partial charge in [-0.1, -0.05) is 18.6 Å². The maximum Gasteiger partial charge on any atom is 0.319 e. The van der Waals surface area contributed by atoms with E-state index < -0.39 is 12.0 Å². The summed E-state index contributed by atoms with van der Waals surface area (Å²) < 4.78 is 39.1. The van der Waals surface area contributed by atoms with Crippen LogP contribution in [0.5, 0.6) is 11.8 Å². The molecule has 11 heteroatoms. The molecule has 45 heavy (non-hydrogen) atoms. The van der Waals surface area contributed by atoms with Crippen LogP contribution in [-0.4, -0.2) is 81.0 Å². The number of phenols is 1. The molecule has 6 atom stereocenters. The molecule has 2 N–H and O–H groups in total. The van der Waals surface area contributed by atoms with Gasteiger partial charge in [0, 0.05) is 64.9 Å². The van der Waals surface area contributed by atoms with Gasteiger partial charge in [0.2, 0.25) is 0 Å². The number of alkyl halides is 1. The first kappa shape index (κ1) is 28.3. The van der Waals surface area contributed by atoms with E-state index in [1.54, 1.807) is 18.3 Å². The van der Waals surface area contributed by atoms with Crippen LogP contribution in [0.2, 0.25) is 0 Å². The number of phenolic OH excluding ortho intramolecular Hbond substituents is 1. The molecule has 2 bridgehead atoms. The van der Waals surface area contributed by atoms with Gasteiger partial charge in [0.15, 0.2) is 5.82 Å². The van der Waals surface area contributed by atoms with Crippen molar-refractivity contribution in [2.75, 3.05) is 31.1 Å². The van der Waals surface area contributed by atoms with Crippen molar-refractivity contribution in [3.05, 3.63) is 45.9 Å². The number of nitrogens with one attached hydrogen (secondary N) is 1. The third-order valence-corrected chi connectivity index (χ3v) is 12.0. The van der Waals surface area contributed by atoms with Crippen LogP contribution in [0.4, 0.5) is 14.6 Å². The van der Waals surface area contributed by atoms with Gasteiger partial charge in [0.1, 0.15) is 35.6 Å². The van der Waals surface area contributed by atoms with E-state index in [2.05, 4.69) is 42.7 Å². The molecule has 2 unspecified atom stereocenters. The summed E-state index contributed by atoms with van der Waals surface area (Å²) in [7, 11) is 0. The van der Waals surface area contributed by atoms with Crippen molar-refractivity contribution in [2.45, 2.75) is 74.8 Å². The summed E-state index contributed by atoms with van der Waals surface area (Å²) in [5, 5.41) is 16.4. The van der Waals surface area contributed by atoms with Crippen molar-refractivity contribution in [1.29, 1.82) is 0 Å². The highest BCUT2D eigenvalue weighted by atomic mass is 127. The molecule has 1 saturated carbocycles. The number of piperazine rings is 1. The smallest absolute Gasteiger partial charge is 0.319 e. The van der Waals surface area contributed by atoms with Crippen LogP contribution in [0.25, 0.3) is 32.9 Å². The van der Waals surface area contributed by atoms with Crippen molar-refractivity contribution in [1.82, 2.24) is 25.2 Å². The van der Waals surface area contributed by atoms with Crippen molar-refractivity contribution >= 4 is 50.1 Å². The largest absolute Gasteiger partial charge is 0.508 e. The fourth-order valence-corrected chi connectivity index (χ4v) is 10.1. The second kappa shape index (κ2) is 10.6. The zero-order valence-electron chi connectivity index (χ0n) is 24.9. The van der Waals surface area contributed by atoms with E-state index in [1.165, 1.54) is 12.8 Å². The summed E-state index contributed by atoms with van der Waals surface area (Å²) in [4.78, 5) is 18.8. The second-order valence-electron chi connectivity index (χ2n) is 13.8. The Morgan fingerprint density at radius 3 is 2.76 bits per heavy atom. The highest BCUT2D eigenvalue weighted by molar-refractivity contribution is 14.1. The predicted molar refractivity (Wildman–Crippen MR) is 177 cm³/mol. The maximum atomic E-state index is 16.8. The van der Waals surface area contributed by atoms with Crippen LogP contribution in [0, 0.1) is 15.3 Å². The number of benzene rings is 2. The summed E-state index contributed by atoms with van der Waals surface area (Å²) >= 11 is 2.23. The second-order valence-corrected chi connectivity index (χ2v) is 15.0. The van der Waals surface area contributed by atoms with Crippen molar-refractivity contribution in [3.63, 3.8) is 0 Å². The molecular formula is C34H35F2IN6O2. The molecule has 6 heterocycles. The Morgan fingerprint density at radius 1 is 1.07 bits per heavy atom. The van der Waals surface area contributed by atoms with Crippen molar-refractivity contribution in [2.24, 2.45) is 5.92 Å². The number of fused-ring (bicyclic) bond motifs is 7. The molecule has 4 saturated heterocycles. The van der Waals surface area contributed by atoms with Crippen molar-refractivity contribution < 1.29 is 18.6 Å². The third-order valence-electron chi connectivity index (χ3n) is 11.1. The molecule has 0 radical (unpaired) electrons. The van der Waals surface area contributed by atoms with Crippen LogP contribution in [0.3, 0.4) is 0 Å². The topological polar surface area (TPSA) is 86.6 Å². The number of ether oxygens (including phenoxy) is 1. The number of anilines is 1. The molecule has 5 fully saturated rings. The Morgan fingerprint density at radius 2 is 1.91 bits per heavy atom. The standard InChI is InChI=1S/C34H35F2IN6O2/c35-20-12-34(11-19-4-2-6-27(19)43(34)14-20)17-45-33-40-31-25(32(41-33)42-15-21-7-8-22(16-42)39-21)13-38-30(29(31)36)24-10-23(44)9-18-3-1-5-26(37)28(18)24/h1,3,5,9-10,13,19-22,27,39,44H,2,4,6-8,11-12,14-17H2/t19-,20-,21?,22?,27-,34-/m0/s1. The lowest BCUT2D eigenvalue weighted by atomic mass is 9.89. The molecular weight excluding hydrogens is 689 g/mol. The van der Waals surface area contributed by atoms with Crippen LogP contribution in [0.1, 0.15) is 44.9 Å². The molecule has 234 valence electrons. The molecule has 2 aromatic carbocycles. The Hall–Kier alpha value is -2.90. The van der Waals surface area contributed by atoms with E-state index in [-0.39, 0.29) is 35.1 Å². The highest BCUT2D eigenvalue weighted by Gasteiger charge is 2.58. The first-order chi connectivity index (χ1) is 21.8. The van der Waals surface area contributed by atoms with Gasteiger partial charge in [-0.05, 0) is 84.2 Å². The fourth-order valence-electron chi connectivity index (χ4n) is 9.28. The summed E-state index contributed by atoms with van der Waals surface area (Å²) in [6.07, 6.45) is 7.86. The number of hydrogen-bond acceptors (Lipinski definition) is 8. The Kier molecular flexibility index (Phi) is 6.65. The van der Waals surface area contributed by atoms with Gasteiger partial charge in [-0.2, -0.15) is 9.97 Å². The van der Waals surface area contributed by atoms with Crippen molar-refractivity contribution in [3.8, 4) is 23.0 Å². The summed E-state index contributed by atoms with van der Waals surface area (Å²) in [6.45, 7) is 2.25. The average molecular weight is 725 g/mol. The lowest BCUT2D eigenvalue weighted by Gasteiger charge is -2.35. The number of halogens is 3. The normalized spacial score (nSPS) is 30.8. The van der Waals surface area contributed by atoms with Gasteiger partial charge >= 0.3 is 6.01 Å². The lowest BCUT2D eigenvalue weighted by molar-refractivity contribution is 0.0832. The zero-order valence-corrected chi connectivity index (χ0v) is 27.0. The van der Waals surface area contributed by atoms with Gasteiger partial charge in [0.05, 0.1) is 10.9 Å². The molecule has 8 nitrogen and oxygen atoms in total. The van der Waals surface area contributed by atoms with E-state index in [0.717, 1.165) is 53.1 Å². The molecule has 1 aliphatic carbocycles. The van der Waals surface area contributed by atoms with Crippen LogP contribution in [-0.2, 0) is 0 Å². The predicted octanol–water partition coefficient (Wildman–Crippen LogP) is 5.97. The summed E-state index contributed by atoms with van der Waals surface area (Å²) in [6, 6.07) is 10.2. The molecule has 5 aliphatic rings. The summed E-state index contributed by atoms with van der Waals surface area (Å²) in [5.74, 6) is 0.661. The zero-order chi connectivity index (χ0) is 30.4. The van der Waals surface area contributed by atoms with E-state index in [0.29, 0.717) is 53.8 Å². The number of nitrogens with zero attached hydrogens (tertiary/aromatic N) is 5. The molecule has 0 amide bonds. The minimum Gasteiger partial charge on any atom is -0.508 e. The minimum absolute atomic E-state index is 0.0392. The van der Waals surface area contributed by atoms with Crippen LogP contribution >= 0.6 is 22.6 Å². The molecule has 2 aromatic heterocycles. The Balaban J connectivity index is 1.15. The summed E-state index contributed by atoms with van der Waals surface area (Å²) in [5.41, 5.74) is 0.388. The van der Waals surface area contributed by atoms with Gasteiger partial charge in [-0.3, -0.25) is 9.88 Å². The molecule has 0 spiro atoms. The lowest BCUT2D eigenvalue weighted by Crippen LogP contribution is -2.51. The Labute approximate surface area is 273 Å². The Bertz CT molecular complexity index is 1830. The maximum absolute atomic E-state index is 16.8. The molecule has 4 aliphatic heterocycles. The molecule has 9 rings (SSSR count). The van der Waals surface area contributed by atoms with E-state index >= 15 is 4.39 Å². The van der Waals surface area contributed by atoms with Crippen LogP contribution in [0.15, 0.2) is 36.5 Å². The average Bonchev–Trinajstić information content (AvgIpc) is 3.76. The fraction of sp³-hybridized carbons (Fsp3) is 0.500. The third kappa shape index (κ3) is 4.58. The first-order valence-corrected chi connectivity index (χ1v) is 17.3. The van der Waals surface area contributed by atoms with E-state index in [4.69, 9.17) is 14.7 Å². The van der Waals surface area contributed by atoms with Gasteiger partial charge in [-0.25, -0.2) is 8.78 Å².